The number of aromatic carboxylic acids is 1. The number of hydrogen-bond donors (Lipinski definition) is 1. The maximum absolute atomic E-state index is 12.4. The van der Waals surface area contributed by atoms with Gasteiger partial charge in [0.2, 0.25) is 0 Å². The van der Waals surface area contributed by atoms with E-state index in [4.69, 9.17) is 5.11 Å². The molecule has 1 N–H and O–H groups in total. The maximum atomic E-state index is 12.4. The van der Waals surface area contributed by atoms with Crippen molar-refractivity contribution in [1.29, 1.82) is 0 Å². The molecule has 0 bridgehead atoms. The van der Waals surface area contributed by atoms with Gasteiger partial charge in [-0.15, -0.1) is 0 Å². The Labute approximate surface area is 139 Å². The smallest absolute Gasteiger partial charge is 0.336 e. The van der Waals surface area contributed by atoms with E-state index in [1.807, 2.05) is 0 Å². The van der Waals surface area contributed by atoms with Gasteiger partial charge >= 0.3 is 5.97 Å². The van der Waals surface area contributed by atoms with Crippen LogP contribution in [0.5, 0.6) is 0 Å². The molecular formula is C14H10Br2O4S. The summed E-state index contributed by atoms with van der Waals surface area (Å²) in [6.07, 6.45) is 0. The minimum absolute atomic E-state index is 0.0110. The molecule has 0 aliphatic heterocycles. The minimum atomic E-state index is -3.61. The van der Waals surface area contributed by atoms with Crippen LogP contribution in [0.3, 0.4) is 0 Å². The lowest BCUT2D eigenvalue weighted by atomic mass is 10.2. The summed E-state index contributed by atoms with van der Waals surface area (Å²) in [6, 6.07) is 11.0. The molecule has 0 heterocycles. The molecule has 0 aliphatic rings. The summed E-state index contributed by atoms with van der Waals surface area (Å²) in [5.41, 5.74) is 0.550. The monoisotopic (exact) mass is 432 g/mol. The van der Waals surface area contributed by atoms with Gasteiger partial charge in [0.25, 0.3) is 0 Å². The predicted octanol–water partition coefficient (Wildman–Crippen LogP) is 3.88. The average Bonchev–Trinajstić information content (AvgIpc) is 2.38. The van der Waals surface area contributed by atoms with Gasteiger partial charge in [0.15, 0.2) is 9.84 Å². The van der Waals surface area contributed by atoms with Gasteiger partial charge in [-0.25, -0.2) is 13.2 Å². The van der Waals surface area contributed by atoms with E-state index in [1.54, 1.807) is 24.3 Å². The first-order chi connectivity index (χ1) is 9.79. The Morgan fingerprint density at radius 1 is 1.10 bits per heavy atom. The molecule has 2 aromatic carbocycles. The summed E-state index contributed by atoms with van der Waals surface area (Å²) in [5.74, 6) is -1.37. The summed E-state index contributed by atoms with van der Waals surface area (Å²) in [5, 5.41) is 9.05. The largest absolute Gasteiger partial charge is 0.478 e. The first-order valence-electron chi connectivity index (χ1n) is 5.79. The van der Waals surface area contributed by atoms with Gasteiger partial charge in [0, 0.05) is 8.95 Å². The Hall–Kier alpha value is -1.18. The van der Waals surface area contributed by atoms with Crippen LogP contribution in [-0.2, 0) is 15.6 Å². The van der Waals surface area contributed by atoms with Crippen LogP contribution in [0.1, 0.15) is 15.9 Å². The first-order valence-corrected chi connectivity index (χ1v) is 9.03. The van der Waals surface area contributed by atoms with Crippen molar-refractivity contribution in [3.63, 3.8) is 0 Å². The summed E-state index contributed by atoms with van der Waals surface area (Å²) in [4.78, 5) is 11.1. The predicted molar refractivity (Wildman–Crippen MR) is 86.1 cm³/mol. The molecule has 0 spiro atoms. The number of hydrogen-bond acceptors (Lipinski definition) is 3. The zero-order valence-corrected chi connectivity index (χ0v) is 14.6. The second kappa shape index (κ2) is 6.29. The molecule has 0 radical (unpaired) electrons. The molecule has 0 aromatic heterocycles. The van der Waals surface area contributed by atoms with Crippen molar-refractivity contribution in [2.75, 3.05) is 0 Å². The van der Waals surface area contributed by atoms with E-state index >= 15 is 0 Å². The number of carboxylic acid groups (broad SMARTS) is 1. The third-order valence-electron chi connectivity index (χ3n) is 2.77. The molecule has 2 rings (SSSR count). The zero-order valence-electron chi connectivity index (χ0n) is 10.6. The van der Waals surface area contributed by atoms with E-state index < -0.39 is 15.8 Å². The van der Waals surface area contributed by atoms with Gasteiger partial charge in [0.05, 0.1) is 16.2 Å². The SMILES string of the molecule is O=C(O)c1cc(S(=O)(=O)Cc2cccc(Br)c2)ccc1Br. The lowest BCUT2D eigenvalue weighted by molar-refractivity contribution is 0.0695. The molecule has 0 saturated carbocycles. The van der Waals surface area contributed by atoms with E-state index in [2.05, 4.69) is 31.9 Å². The third-order valence-corrected chi connectivity index (χ3v) is 5.64. The van der Waals surface area contributed by atoms with Crippen LogP contribution in [-0.4, -0.2) is 19.5 Å². The normalized spacial score (nSPS) is 11.3. The highest BCUT2D eigenvalue weighted by atomic mass is 79.9. The number of rotatable bonds is 4. The Morgan fingerprint density at radius 2 is 1.81 bits per heavy atom. The van der Waals surface area contributed by atoms with Crippen molar-refractivity contribution in [3.8, 4) is 0 Å². The molecule has 0 atom stereocenters. The molecule has 0 unspecified atom stereocenters. The van der Waals surface area contributed by atoms with Crippen LogP contribution < -0.4 is 0 Å². The Kier molecular flexibility index (Phi) is 4.85. The molecule has 4 nitrogen and oxygen atoms in total. The average molecular weight is 434 g/mol. The van der Waals surface area contributed by atoms with Crippen LogP contribution in [0.25, 0.3) is 0 Å². The number of benzene rings is 2. The minimum Gasteiger partial charge on any atom is -0.478 e. The third kappa shape index (κ3) is 3.93. The highest BCUT2D eigenvalue weighted by Gasteiger charge is 2.19. The van der Waals surface area contributed by atoms with Crippen LogP contribution in [0.4, 0.5) is 0 Å². The van der Waals surface area contributed by atoms with Crippen LogP contribution >= 0.6 is 31.9 Å². The number of carboxylic acids is 1. The van der Waals surface area contributed by atoms with Crippen LogP contribution in [0.15, 0.2) is 56.3 Å². The van der Waals surface area contributed by atoms with E-state index in [0.29, 0.717) is 10.0 Å². The second-order valence-electron chi connectivity index (χ2n) is 4.34. The lowest BCUT2D eigenvalue weighted by Gasteiger charge is -2.07. The van der Waals surface area contributed by atoms with Gasteiger partial charge in [0.1, 0.15) is 0 Å². The van der Waals surface area contributed by atoms with Crippen molar-refractivity contribution in [2.24, 2.45) is 0 Å². The van der Waals surface area contributed by atoms with Gasteiger partial charge in [-0.1, -0.05) is 28.1 Å². The number of halogens is 2. The summed E-state index contributed by atoms with van der Waals surface area (Å²) >= 11 is 6.38. The topological polar surface area (TPSA) is 71.4 Å². The highest BCUT2D eigenvalue weighted by molar-refractivity contribution is 9.10. The van der Waals surface area contributed by atoms with Crippen molar-refractivity contribution in [3.05, 3.63) is 62.5 Å². The number of carbonyl (C=O) groups is 1. The fourth-order valence-corrected chi connectivity index (χ4v) is 4.01. The fourth-order valence-electron chi connectivity index (χ4n) is 1.79. The Bertz CT molecular complexity index is 800. The highest BCUT2D eigenvalue weighted by Crippen LogP contribution is 2.24. The first kappa shape index (κ1) is 16.2. The Morgan fingerprint density at radius 3 is 2.43 bits per heavy atom. The zero-order chi connectivity index (χ0) is 15.6. The molecule has 2 aromatic rings. The van der Waals surface area contributed by atoms with Gasteiger partial charge < -0.3 is 5.11 Å². The van der Waals surface area contributed by atoms with Crippen molar-refractivity contribution < 1.29 is 18.3 Å². The molecule has 0 amide bonds. The van der Waals surface area contributed by atoms with E-state index in [9.17, 15) is 13.2 Å². The maximum Gasteiger partial charge on any atom is 0.336 e. The molecule has 0 saturated heterocycles. The van der Waals surface area contributed by atoms with Gasteiger partial charge in [-0.2, -0.15) is 0 Å². The number of sulfone groups is 1. The molecule has 110 valence electrons. The van der Waals surface area contributed by atoms with E-state index in [-0.39, 0.29) is 16.2 Å². The second-order valence-corrected chi connectivity index (χ2v) is 8.10. The van der Waals surface area contributed by atoms with Crippen molar-refractivity contribution in [2.45, 2.75) is 10.6 Å². The van der Waals surface area contributed by atoms with Gasteiger partial charge in [-0.3, -0.25) is 0 Å². The van der Waals surface area contributed by atoms with E-state index in [1.165, 1.54) is 18.2 Å². The molecule has 7 heteroatoms. The lowest BCUT2D eigenvalue weighted by Crippen LogP contribution is -2.07. The van der Waals surface area contributed by atoms with Crippen LogP contribution in [0.2, 0.25) is 0 Å². The molecule has 0 aliphatic carbocycles. The van der Waals surface area contributed by atoms with Crippen molar-refractivity contribution >= 4 is 47.7 Å². The summed E-state index contributed by atoms with van der Waals surface area (Å²) < 4.78 is 25.9. The molecular weight excluding hydrogens is 424 g/mol. The quantitative estimate of drug-likeness (QED) is 0.793. The van der Waals surface area contributed by atoms with Crippen molar-refractivity contribution in [1.82, 2.24) is 0 Å². The standard InChI is InChI=1S/C14H10Br2O4S/c15-10-3-1-2-9(6-10)8-21(19,20)11-4-5-13(16)12(7-11)14(17)18/h1-7H,8H2,(H,17,18). The van der Waals surface area contributed by atoms with E-state index in [0.717, 1.165) is 4.47 Å². The fraction of sp³-hybridized carbons (Fsp3) is 0.0714. The van der Waals surface area contributed by atoms with Crippen LogP contribution in [0, 0.1) is 0 Å². The van der Waals surface area contributed by atoms with Gasteiger partial charge in [-0.05, 0) is 51.8 Å². The summed E-state index contributed by atoms with van der Waals surface area (Å²) in [7, 11) is -3.61. The Balaban J connectivity index is 2.40. The molecule has 0 fully saturated rings. The molecule has 21 heavy (non-hydrogen) atoms. The summed E-state index contributed by atoms with van der Waals surface area (Å²) in [6.45, 7) is 0.